The van der Waals surface area contributed by atoms with Crippen LogP contribution in [0.4, 0.5) is 0 Å². The van der Waals surface area contributed by atoms with Crippen LogP contribution in [0.25, 0.3) is 0 Å². The van der Waals surface area contributed by atoms with Crippen LogP contribution < -0.4 is 0 Å². The van der Waals surface area contributed by atoms with Crippen molar-refractivity contribution in [1.82, 2.24) is 0 Å². The van der Waals surface area contributed by atoms with Gasteiger partial charge in [0.05, 0.1) is 12.2 Å². The summed E-state index contributed by atoms with van der Waals surface area (Å²) < 4.78 is 29.5. The molecule has 5 atom stereocenters. The van der Waals surface area contributed by atoms with E-state index in [9.17, 15) is 13.5 Å². The van der Waals surface area contributed by atoms with Gasteiger partial charge in [0.25, 0.3) is 10.1 Å². The summed E-state index contributed by atoms with van der Waals surface area (Å²) in [5.41, 5.74) is 0.942. The summed E-state index contributed by atoms with van der Waals surface area (Å²) >= 11 is 0. The van der Waals surface area contributed by atoms with E-state index >= 15 is 0 Å². The van der Waals surface area contributed by atoms with Crippen molar-refractivity contribution in [2.45, 2.75) is 57.5 Å². The van der Waals surface area contributed by atoms with E-state index in [0.717, 1.165) is 18.4 Å². The molecule has 1 aliphatic heterocycles. The van der Waals surface area contributed by atoms with Crippen molar-refractivity contribution in [1.29, 1.82) is 0 Å². The zero-order valence-corrected chi connectivity index (χ0v) is 12.0. The van der Waals surface area contributed by atoms with E-state index in [1.807, 2.05) is 26.8 Å². The quantitative estimate of drug-likeness (QED) is 0.616. The van der Waals surface area contributed by atoms with Crippen molar-refractivity contribution in [2.75, 3.05) is 0 Å². The van der Waals surface area contributed by atoms with E-state index in [2.05, 4.69) is 0 Å². The molecule has 1 aliphatic carbocycles. The Hall–Kier alpha value is -0.390. The average molecular weight is 274 g/mol. The van der Waals surface area contributed by atoms with Gasteiger partial charge in [0, 0.05) is 11.8 Å². The fraction of sp³-hybridized carbons (Fsp3) is 0.846. The second kappa shape index (κ2) is 4.94. The van der Waals surface area contributed by atoms with Crippen LogP contribution in [0.5, 0.6) is 0 Å². The third-order valence-electron chi connectivity index (χ3n) is 4.15. The molecule has 104 valence electrons. The van der Waals surface area contributed by atoms with Crippen molar-refractivity contribution < 1.29 is 17.7 Å². The molecule has 0 amide bonds. The number of aliphatic hydroxyl groups excluding tert-OH is 1. The Bertz CT molecular complexity index is 440. The number of fused-ring (bicyclic) bond motifs is 1. The maximum absolute atomic E-state index is 12.1. The molecule has 1 fully saturated rings. The molecule has 2 aliphatic rings. The molecule has 0 radical (unpaired) electrons. The second-order valence-electron chi connectivity index (χ2n) is 5.52. The number of hydrogen-bond donors (Lipinski definition) is 1. The Morgan fingerprint density at radius 3 is 2.72 bits per heavy atom. The van der Waals surface area contributed by atoms with Crippen LogP contribution in [0.2, 0.25) is 0 Å². The van der Waals surface area contributed by atoms with Gasteiger partial charge in [0.15, 0.2) is 0 Å². The highest BCUT2D eigenvalue weighted by Gasteiger charge is 2.46. The minimum Gasteiger partial charge on any atom is -0.392 e. The van der Waals surface area contributed by atoms with Gasteiger partial charge in [-0.15, -0.1) is 0 Å². The smallest absolute Gasteiger partial charge is 0.274 e. The fourth-order valence-corrected chi connectivity index (χ4v) is 4.74. The second-order valence-corrected chi connectivity index (χ2v) is 7.27. The van der Waals surface area contributed by atoms with Crippen molar-refractivity contribution in [3.8, 4) is 0 Å². The van der Waals surface area contributed by atoms with E-state index in [1.54, 1.807) is 0 Å². The summed E-state index contributed by atoms with van der Waals surface area (Å²) in [6.45, 7) is 5.98. The largest absolute Gasteiger partial charge is 0.392 e. The predicted molar refractivity (Wildman–Crippen MR) is 69.5 cm³/mol. The van der Waals surface area contributed by atoms with E-state index in [0.29, 0.717) is 0 Å². The Morgan fingerprint density at radius 1 is 1.44 bits per heavy atom. The lowest BCUT2D eigenvalue weighted by Gasteiger charge is -2.40. The van der Waals surface area contributed by atoms with E-state index in [-0.39, 0.29) is 24.4 Å². The Balaban J connectivity index is 2.37. The van der Waals surface area contributed by atoms with Crippen molar-refractivity contribution in [2.24, 2.45) is 11.8 Å². The lowest BCUT2D eigenvalue weighted by atomic mass is 9.80. The van der Waals surface area contributed by atoms with Crippen LogP contribution in [0.3, 0.4) is 0 Å². The Labute approximate surface area is 109 Å². The zero-order chi connectivity index (χ0) is 13.5. The lowest BCUT2D eigenvalue weighted by molar-refractivity contribution is 0.0944. The first kappa shape index (κ1) is 14.0. The molecular weight excluding hydrogens is 252 g/mol. The van der Waals surface area contributed by atoms with Crippen LogP contribution >= 0.6 is 0 Å². The fourth-order valence-electron chi connectivity index (χ4n) is 2.94. The highest BCUT2D eigenvalue weighted by atomic mass is 32.2. The van der Waals surface area contributed by atoms with E-state index in [1.165, 1.54) is 0 Å². The van der Waals surface area contributed by atoms with E-state index < -0.39 is 21.5 Å². The minimum atomic E-state index is -3.57. The molecule has 0 saturated carbocycles. The molecule has 1 heterocycles. The highest BCUT2D eigenvalue weighted by Crippen LogP contribution is 2.41. The zero-order valence-electron chi connectivity index (χ0n) is 11.2. The number of aliphatic hydroxyl groups is 1. The standard InChI is InChI=1S/C13H22O4S/c1-4-5-12-9(3)10-6-8(2)11(14)7-13(10)18(15,16)17-12/h6,8-9,11-14H,4-5,7H2,1-3H3/t8-,9+,11+,12-,13?/m0/s1. The topological polar surface area (TPSA) is 63.6 Å². The van der Waals surface area contributed by atoms with Crippen LogP contribution in [-0.4, -0.2) is 31.0 Å². The first-order valence-electron chi connectivity index (χ1n) is 6.68. The Kier molecular flexibility index (Phi) is 3.85. The molecule has 1 saturated heterocycles. The molecule has 0 bridgehead atoms. The summed E-state index contributed by atoms with van der Waals surface area (Å²) in [6, 6.07) is 0. The third-order valence-corrected chi connectivity index (χ3v) is 5.83. The maximum atomic E-state index is 12.1. The average Bonchev–Trinajstić information content (AvgIpc) is 2.28. The maximum Gasteiger partial charge on any atom is 0.274 e. The molecule has 1 N–H and O–H groups in total. The van der Waals surface area contributed by atoms with Crippen LogP contribution in [0.1, 0.15) is 40.0 Å². The lowest BCUT2D eigenvalue weighted by Crippen LogP contribution is -2.46. The first-order valence-corrected chi connectivity index (χ1v) is 8.15. The van der Waals surface area contributed by atoms with Gasteiger partial charge in [-0.3, -0.25) is 4.18 Å². The number of hydrogen-bond acceptors (Lipinski definition) is 4. The van der Waals surface area contributed by atoms with Crippen molar-refractivity contribution in [3.63, 3.8) is 0 Å². The van der Waals surface area contributed by atoms with Crippen LogP contribution in [0.15, 0.2) is 11.6 Å². The number of rotatable bonds is 2. The first-order chi connectivity index (χ1) is 8.36. The van der Waals surface area contributed by atoms with Crippen molar-refractivity contribution >= 4 is 10.1 Å². The van der Waals surface area contributed by atoms with Crippen molar-refractivity contribution in [3.05, 3.63) is 11.6 Å². The van der Waals surface area contributed by atoms with Crippen LogP contribution in [-0.2, 0) is 14.3 Å². The Morgan fingerprint density at radius 2 is 2.11 bits per heavy atom. The highest BCUT2D eigenvalue weighted by molar-refractivity contribution is 7.87. The third kappa shape index (κ3) is 2.36. The van der Waals surface area contributed by atoms with Gasteiger partial charge < -0.3 is 5.11 Å². The molecule has 0 aromatic carbocycles. The SMILES string of the molecule is CCC[C@@H]1OS(=O)(=O)C2C[C@@H](O)[C@@H](C)C=C2[C@H]1C. The van der Waals surface area contributed by atoms with Gasteiger partial charge >= 0.3 is 0 Å². The van der Waals surface area contributed by atoms with Gasteiger partial charge in [-0.1, -0.05) is 33.3 Å². The van der Waals surface area contributed by atoms with Gasteiger partial charge in [-0.2, -0.15) is 8.42 Å². The summed E-state index contributed by atoms with van der Waals surface area (Å²) in [4.78, 5) is 0. The molecule has 4 nitrogen and oxygen atoms in total. The predicted octanol–water partition coefficient (Wildman–Crippen LogP) is 1.85. The molecule has 5 heteroatoms. The molecule has 18 heavy (non-hydrogen) atoms. The van der Waals surface area contributed by atoms with Gasteiger partial charge in [0.2, 0.25) is 0 Å². The summed E-state index contributed by atoms with van der Waals surface area (Å²) in [7, 11) is -3.57. The minimum absolute atomic E-state index is 0.0225. The van der Waals surface area contributed by atoms with E-state index in [4.69, 9.17) is 4.18 Å². The van der Waals surface area contributed by atoms with Gasteiger partial charge in [-0.25, -0.2) is 0 Å². The van der Waals surface area contributed by atoms with Gasteiger partial charge in [0.1, 0.15) is 5.25 Å². The molecule has 0 aromatic heterocycles. The summed E-state index contributed by atoms with van der Waals surface area (Å²) in [5, 5.41) is 9.19. The van der Waals surface area contributed by atoms with Gasteiger partial charge in [-0.05, 0) is 18.4 Å². The van der Waals surface area contributed by atoms with Crippen LogP contribution in [0, 0.1) is 11.8 Å². The summed E-state index contributed by atoms with van der Waals surface area (Å²) in [5.74, 6) is 0.141. The molecular formula is C13H22O4S. The molecule has 2 rings (SSSR count). The normalized spacial score (nSPS) is 43.1. The molecule has 1 unspecified atom stereocenters. The summed E-state index contributed by atoms with van der Waals surface area (Å²) in [6.07, 6.45) is 3.02. The molecule has 0 aromatic rings. The monoisotopic (exact) mass is 274 g/mol. The molecule has 0 spiro atoms.